The number of hydrogen-bond acceptors (Lipinski definition) is 5. The summed E-state index contributed by atoms with van der Waals surface area (Å²) in [4.78, 5) is 50.2. The molecule has 56 heavy (non-hydrogen) atoms. The van der Waals surface area contributed by atoms with Gasteiger partial charge in [-0.15, -0.1) is 0 Å². The number of aromatic nitrogens is 4. The first-order valence-electron chi connectivity index (χ1n) is 20.0. The number of carbonyl (C=O) groups excluding carboxylic acids is 2. The summed E-state index contributed by atoms with van der Waals surface area (Å²) in [6.07, 6.45) is 10.6. The predicted octanol–water partition coefficient (Wildman–Crippen LogP) is 9.14. The zero-order valence-electron chi connectivity index (χ0n) is 31.4. The highest BCUT2D eigenvalue weighted by molar-refractivity contribution is 5.95. The maximum absolute atomic E-state index is 14.4. The number of benzene rings is 4. The largest absolute Gasteiger partial charge is 0.340 e. The summed E-state index contributed by atoms with van der Waals surface area (Å²) in [6, 6.07) is 32.6. The zero-order valence-corrected chi connectivity index (χ0v) is 31.4. The normalized spacial score (nSPS) is 19.4. The van der Waals surface area contributed by atoms with Crippen LogP contribution in [0.3, 0.4) is 0 Å². The van der Waals surface area contributed by atoms with E-state index in [2.05, 4.69) is 85.4 Å². The molecule has 1 unspecified atom stereocenters. The Morgan fingerprint density at radius 3 is 1.70 bits per heavy atom. The van der Waals surface area contributed by atoms with E-state index < -0.39 is 5.82 Å². The van der Waals surface area contributed by atoms with Crippen LogP contribution < -0.4 is 0 Å². The maximum atomic E-state index is 14.4. The minimum absolute atomic E-state index is 0.0746. The van der Waals surface area contributed by atoms with Crippen LogP contribution in [0.2, 0.25) is 0 Å². The average Bonchev–Trinajstić information content (AvgIpc) is 4.09. The lowest BCUT2D eigenvalue weighted by molar-refractivity contribution is -0.139. The van der Waals surface area contributed by atoms with Crippen LogP contribution >= 0.6 is 0 Å². The molecule has 0 saturated carbocycles. The summed E-state index contributed by atoms with van der Waals surface area (Å²) >= 11 is 0. The number of hydrogen-bond donors (Lipinski definition) is 2. The Morgan fingerprint density at radius 1 is 0.589 bits per heavy atom. The van der Waals surface area contributed by atoms with E-state index in [0.717, 1.165) is 103 Å². The molecule has 2 aromatic heterocycles. The first kappa shape index (κ1) is 35.8. The molecule has 3 fully saturated rings. The lowest BCUT2D eigenvalue weighted by atomic mass is 10.00. The lowest BCUT2D eigenvalue weighted by Crippen LogP contribution is -2.44. The molecule has 3 saturated heterocycles. The third-order valence-corrected chi connectivity index (χ3v) is 11.8. The Bertz CT molecular complexity index is 2300. The van der Waals surface area contributed by atoms with E-state index >= 15 is 0 Å². The Morgan fingerprint density at radius 2 is 1.11 bits per heavy atom. The molecule has 0 radical (unpaired) electrons. The molecule has 2 amide bonds. The van der Waals surface area contributed by atoms with Crippen molar-refractivity contribution in [3.63, 3.8) is 0 Å². The number of halogens is 1. The van der Waals surface area contributed by atoms with E-state index in [-0.39, 0.29) is 35.5 Å². The third kappa shape index (κ3) is 7.05. The summed E-state index contributed by atoms with van der Waals surface area (Å²) in [5.41, 5.74) is 7.17. The number of nitrogens with zero attached hydrogens (tertiary/aromatic N) is 5. The van der Waals surface area contributed by atoms with Crippen molar-refractivity contribution in [2.45, 2.75) is 63.1 Å². The number of H-pyrrole nitrogens is 2. The zero-order chi connectivity index (χ0) is 38.0. The van der Waals surface area contributed by atoms with Gasteiger partial charge >= 0.3 is 0 Å². The van der Waals surface area contributed by atoms with E-state index in [9.17, 15) is 14.0 Å². The van der Waals surface area contributed by atoms with Crippen LogP contribution in [0.25, 0.3) is 33.6 Å². The van der Waals surface area contributed by atoms with Gasteiger partial charge in [-0.3, -0.25) is 14.5 Å². The first-order chi connectivity index (χ1) is 27.5. The molecule has 5 heterocycles. The van der Waals surface area contributed by atoms with Gasteiger partial charge in [-0.05, 0) is 91.6 Å². The number of carbonyl (C=O) groups is 2. The van der Waals surface area contributed by atoms with Crippen molar-refractivity contribution in [1.29, 1.82) is 0 Å². The molecule has 3 aliphatic heterocycles. The van der Waals surface area contributed by atoms with Crippen LogP contribution in [0, 0.1) is 5.82 Å². The quantitative estimate of drug-likeness (QED) is 0.154. The van der Waals surface area contributed by atoms with Crippen LogP contribution in [0.4, 0.5) is 4.39 Å². The Kier molecular flexibility index (Phi) is 10.0. The second kappa shape index (κ2) is 15.7. The minimum atomic E-state index is -0.505. The van der Waals surface area contributed by atoms with Gasteiger partial charge < -0.3 is 19.8 Å². The fraction of sp³-hybridized carbons (Fsp3) is 0.304. The number of nitrogens with one attached hydrogen (secondary N) is 2. The summed E-state index contributed by atoms with van der Waals surface area (Å²) < 4.78 is 14.4. The topological polar surface area (TPSA) is 101 Å². The van der Waals surface area contributed by atoms with Crippen LogP contribution in [0.15, 0.2) is 116 Å². The van der Waals surface area contributed by atoms with Crippen molar-refractivity contribution < 1.29 is 14.0 Å². The van der Waals surface area contributed by atoms with Crippen molar-refractivity contribution in [3.8, 4) is 33.6 Å². The summed E-state index contributed by atoms with van der Waals surface area (Å²) in [7, 11) is 0. The van der Waals surface area contributed by atoms with Gasteiger partial charge in [-0.1, -0.05) is 97.4 Å². The predicted molar refractivity (Wildman–Crippen MR) is 215 cm³/mol. The van der Waals surface area contributed by atoms with Crippen molar-refractivity contribution >= 4 is 11.8 Å². The van der Waals surface area contributed by atoms with E-state index in [1.165, 1.54) is 18.6 Å². The van der Waals surface area contributed by atoms with Gasteiger partial charge in [0.2, 0.25) is 5.91 Å². The summed E-state index contributed by atoms with van der Waals surface area (Å²) in [6.45, 7) is 3.20. The van der Waals surface area contributed by atoms with Crippen LogP contribution in [0.5, 0.6) is 0 Å². The molecule has 4 aromatic carbocycles. The molecule has 9 nitrogen and oxygen atoms in total. The molecular weight excluding hydrogens is 702 g/mol. The Labute approximate surface area is 326 Å². The number of aromatic amines is 2. The van der Waals surface area contributed by atoms with Gasteiger partial charge in [-0.25, -0.2) is 14.4 Å². The molecular formula is C46H46FN7O2. The average molecular weight is 748 g/mol. The van der Waals surface area contributed by atoms with Crippen molar-refractivity contribution in [2.75, 3.05) is 26.2 Å². The molecule has 9 rings (SSSR count). The monoisotopic (exact) mass is 747 g/mol. The fourth-order valence-corrected chi connectivity index (χ4v) is 8.87. The molecule has 284 valence electrons. The molecule has 3 aliphatic rings. The van der Waals surface area contributed by atoms with Crippen molar-refractivity contribution in [1.82, 2.24) is 34.6 Å². The van der Waals surface area contributed by atoms with Crippen LogP contribution in [0.1, 0.15) is 90.6 Å². The van der Waals surface area contributed by atoms with Gasteiger partial charge in [0.25, 0.3) is 5.91 Å². The molecule has 10 heteroatoms. The van der Waals surface area contributed by atoms with Crippen LogP contribution in [-0.4, -0.2) is 72.6 Å². The number of amides is 2. The van der Waals surface area contributed by atoms with Crippen molar-refractivity contribution in [3.05, 3.63) is 144 Å². The number of rotatable bonds is 9. The van der Waals surface area contributed by atoms with Crippen LogP contribution in [-0.2, 0) is 4.79 Å². The highest BCUT2D eigenvalue weighted by Crippen LogP contribution is 2.37. The molecule has 0 spiro atoms. The molecule has 6 aromatic rings. The van der Waals surface area contributed by atoms with Gasteiger partial charge in [0, 0.05) is 13.1 Å². The standard InChI is InChI=1S/C46H46FN7O2/c47-37-14-6-5-13-36(37)45(55)53-27-9-15-40(53)43-48-29-38(50-43)33-21-17-31(18-22-33)32-19-23-34(24-20-32)39-30-49-44(51-39)41-16-10-28-54(41)46(56)42(35-11-3-1-4-12-35)52-25-7-2-8-26-52/h1,3-6,11-14,17-24,29-30,40-42H,2,7-10,15-16,25-28H2,(H,48,50)(H,49,51)/t40-,41-,42?/m0/s1. The molecule has 3 atom stereocenters. The minimum Gasteiger partial charge on any atom is -0.340 e. The van der Waals surface area contributed by atoms with Gasteiger partial charge in [0.1, 0.15) is 23.5 Å². The SMILES string of the molecule is O=C(c1ccccc1F)N1CCC[C@H]1c1ncc(-c2ccc(-c3ccc(-c4cnc([C@@H]5CCCN5C(=O)C(c5ccccc5)N5CCCCC5)[nH]4)cc3)cc2)[nH]1. The smallest absolute Gasteiger partial charge is 0.257 e. The summed E-state index contributed by atoms with van der Waals surface area (Å²) in [5.74, 6) is 0.921. The highest BCUT2D eigenvalue weighted by atomic mass is 19.1. The second-order valence-electron chi connectivity index (χ2n) is 15.3. The van der Waals surface area contributed by atoms with Gasteiger partial charge in [0.05, 0.1) is 41.4 Å². The second-order valence-corrected chi connectivity index (χ2v) is 15.3. The maximum Gasteiger partial charge on any atom is 0.257 e. The van der Waals surface area contributed by atoms with E-state index in [1.807, 2.05) is 24.4 Å². The van der Waals surface area contributed by atoms with Gasteiger partial charge in [-0.2, -0.15) is 0 Å². The first-order valence-corrected chi connectivity index (χ1v) is 20.0. The third-order valence-electron chi connectivity index (χ3n) is 11.8. The number of imidazole rings is 2. The fourth-order valence-electron chi connectivity index (χ4n) is 8.87. The van der Waals surface area contributed by atoms with Gasteiger partial charge in [0.15, 0.2) is 0 Å². The van der Waals surface area contributed by atoms with E-state index in [4.69, 9.17) is 4.98 Å². The van der Waals surface area contributed by atoms with E-state index in [0.29, 0.717) is 12.4 Å². The molecule has 0 bridgehead atoms. The highest BCUT2D eigenvalue weighted by Gasteiger charge is 2.39. The number of piperidine rings is 1. The lowest BCUT2D eigenvalue weighted by Gasteiger charge is -2.37. The van der Waals surface area contributed by atoms with Crippen molar-refractivity contribution in [2.24, 2.45) is 0 Å². The Balaban J connectivity index is 0.868. The summed E-state index contributed by atoms with van der Waals surface area (Å²) in [5, 5.41) is 0. The molecule has 2 N–H and O–H groups in total. The number of likely N-dealkylation sites (tertiary alicyclic amines) is 3. The van der Waals surface area contributed by atoms with E-state index in [1.54, 1.807) is 23.2 Å². The molecule has 0 aliphatic carbocycles. The Hall–Kier alpha value is -5.87.